The number of hydrogen-bond donors (Lipinski definition) is 2. The molecule has 0 spiro atoms. The molecule has 9 nitrogen and oxygen atoms in total. The van der Waals surface area contributed by atoms with E-state index in [1.54, 1.807) is 26.4 Å². The highest BCUT2D eigenvalue weighted by Crippen LogP contribution is 2.31. The van der Waals surface area contributed by atoms with Gasteiger partial charge in [-0.25, -0.2) is 5.43 Å². The number of carbonyl (C=O) groups excluding carboxylic acids is 1. The molecule has 0 fully saturated rings. The maximum absolute atomic E-state index is 12.6. The lowest BCUT2D eigenvalue weighted by atomic mass is 10.1. The molecular weight excluding hydrogens is 490 g/mol. The Hall–Kier alpha value is -4.31. The molecule has 10 heteroatoms. The maximum Gasteiger partial charge on any atom is 0.342 e. The van der Waals surface area contributed by atoms with Gasteiger partial charge in [0.25, 0.3) is 11.7 Å². The number of rotatable bonds is 10. The summed E-state index contributed by atoms with van der Waals surface area (Å²) in [5.41, 5.74) is 5.82. The highest BCUT2D eigenvalue weighted by molar-refractivity contribution is 7.99. The van der Waals surface area contributed by atoms with Gasteiger partial charge in [0, 0.05) is 0 Å². The fraction of sp³-hybridized carbons (Fsp3) is 0.185. The standard InChI is InChI=1S/C27H27N5O4S/c1-4-22(18-10-13-21(33)14-11-18)28-29-25(34)17-37-27-31-30-26(32(27)20-8-6-5-7-9-20)19-12-15-23(35-2)24(16-19)36-3/h5-16H,4,17H2,1-3H3,(H2,28,29,33,34). The minimum atomic E-state index is -0.272. The predicted molar refractivity (Wildman–Crippen MR) is 140 cm³/mol. The number of thioether (sulfide) groups is 1. The summed E-state index contributed by atoms with van der Waals surface area (Å²) < 4.78 is 12.8. The average molecular weight is 518 g/mol. The summed E-state index contributed by atoms with van der Waals surface area (Å²) in [4.78, 5) is 12.6. The van der Waals surface area contributed by atoms with Gasteiger partial charge in [-0.15, -0.1) is 10.8 Å². The molecule has 0 saturated carbocycles. The molecule has 0 bridgehead atoms. The van der Waals surface area contributed by atoms with Gasteiger partial charge in [0.15, 0.2) is 11.5 Å². The fourth-order valence-electron chi connectivity index (χ4n) is 3.67. The number of benzene rings is 3. The predicted octanol–water partition coefficient (Wildman–Crippen LogP) is 3.47. The first-order valence-electron chi connectivity index (χ1n) is 11.6. The van der Waals surface area contributed by atoms with Crippen molar-refractivity contribution in [3.8, 4) is 34.3 Å². The van der Waals surface area contributed by atoms with Crippen molar-refractivity contribution in [2.45, 2.75) is 18.5 Å². The number of hydrogen-bond acceptors (Lipinski definition) is 7. The molecule has 0 aliphatic carbocycles. The number of methoxy groups -OCH3 is 2. The van der Waals surface area contributed by atoms with Crippen LogP contribution in [-0.4, -0.2) is 41.8 Å². The van der Waals surface area contributed by atoms with Crippen LogP contribution in [0.25, 0.3) is 17.1 Å². The van der Waals surface area contributed by atoms with Crippen molar-refractivity contribution in [3.63, 3.8) is 0 Å². The van der Waals surface area contributed by atoms with Crippen molar-refractivity contribution >= 4 is 23.4 Å². The Morgan fingerprint density at radius 1 is 1.05 bits per heavy atom. The summed E-state index contributed by atoms with van der Waals surface area (Å²) in [6.45, 7) is 1.94. The van der Waals surface area contributed by atoms with E-state index in [9.17, 15) is 9.90 Å². The van der Waals surface area contributed by atoms with Crippen molar-refractivity contribution in [3.05, 3.63) is 78.4 Å². The summed E-state index contributed by atoms with van der Waals surface area (Å²) in [5.74, 6) is 1.70. The molecular formula is C27H27N5O4S. The van der Waals surface area contributed by atoms with Crippen LogP contribution in [0, 0.1) is 0 Å². The Labute approximate surface area is 219 Å². The van der Waals surface area contributed by atoms with E-state index in [1.807, 2.05) is 60.0 Å². The molecule has 2 N–H and O–H groups in total. The first-order chi connectivity index (χ1) is 18.0. The van der Waals surface area contributed by atoms with E-state index in [0.717, 1.165) is 22.6 Å². The van der Waals surface area contributed by atoms with E-state index in [-0.39, 0.29) is 17.4 Å². The second-order valence-electron chi connectivity index (χ2n) is 7.86. The number of aromatic nitrogens is 3. The highest BCUT2D eigenvalue weighted by Gasteiger charge is 2.25. The van der Waals surface area contributed by atoms with Crippen LogP contribution in [0.5, 0.6) is 17.2 Å². The Bertz CT molecular complexity index is 1390. The first kappa shape index (κ1) is 25.8. The number of para-hydroxylation sites is 1. The smallest absolute Gasteiger partial charge is 0.342 e. The van der Waals surface area contributed by atoms with E-state index in [2.05, 4.69) is 20.7 Å². The van der Waals surface area contributed by atoms with Crippen molar-refractivity contribution in [2.75, 3.05) is 20.0 Å². The molecule has 0 saturated heterocycles. The van der Waals surface area contributed by atoms with Crippen LogP contribution in [0.4, 0.5) is 0 Å². The zero-order valence-electron chi connectivity index (χ0n) is 20.7. The SMILES string of the molecule is CC/C(=N\NC(=O)CSc1n[nH]c(-c2ccc(OC)c(OC)c2)[n+]1-c1ccccc1)c1ccc([O-])cc1. The molecule has 1 aromatic heterocycles. The molecule has 4 rings (SSSR count). The van der Waals surface area contributed by atoms with Crippen molar-refractivity contribution in [1.29, 1.82) is 0 Å². The summed E-state index contributed by atoms with van der Waals surface area (Å²) >= 11 is 1.28. The minimum Gasteiger partial charge on any atom is -0.872 e. The molecule has 3 aromatic carbocycles. The summed E-state index contributed by atoms with van der Waals surface area (Å²) in [5, 5.41) is 23.8. The zero-order chi connectivity index (χ0) is 26.2. The molecule has 0 unspecified atom stereocenters. The zero-order valence-corrected chi connectivity index (χ0v) is 21.5. The molecule has 1 heterocycles. The van der Waals surface area contributed by atoms with Gasteiger partial charge in [-0.1, -0.05) is 49.4 Å². The summed E-state index contributed by atoms with van der Waals surface area (Å²) in [6.07, 6.45) is 0.605. The van der Waals surface area contributed by atoms with E-state index in [4.69, 9.17) is 9.47 Å². The topological polar surface area (TPSA) is 116 Å². The van der Waals surface area contributed by atoms with Gasteiger partial charge >= 0.3 is 5.16 Å². The quantitative estimate of drug-likeness (QED) is 0.144. The Morgan fingerprint density at radius 2 is 1.78 bits per heavy atom. The highest BCUT2D eigenvalue weighted by atomic mass is 32.2. The number of ether oxygens (including phenoxy) is 2. The van der Waals surface area contributed by atoms with E-state index in [1.165, 1.54) is 23.9 Å². The number of amides is 1. The Morgan fingerprint density at radius 3 is 2.46 bits per heavy atom. The molecule has 0 aliphatic heterocycles. The van der Waals surface area contributed by atoms with Gasteiger partial charge in [0.05, 0.1) is 36.3 Å². The largest absolute Gasteiger partial charge is 0.872 e. The van der Waals surface area contributed by atoms with E-state index in [0.29, 0.717) is 28.8 Å². The lowest BCUT2D eigenvalue weighted by Gasteiger charge is -2.09. The third-order valence-electron chi connectivity index (χ3n) is 5.51. The molecule has 37 heavy (non-hydrogen) atoms. The second kappa shape index (κ2) is 12.1. The third-order valence-corrected chi connectivity index (χ3v) is 6.45. The maximum atomic E-state index is 12.6. The van der Waals surface area contributed by atoms with Crippen LogP contribution in [0.1, 0.15) is 18.9 Å². The number of aromatic amines is 1. The third kappa shape index (κ3) is 6.10. The van der Waals surface area contributed by atoms with Crippen LogP contribution in [0.2, 0.25) is 0 Å². The lowest BCUT2D eigenvalue weighted by Crippen LogP contribution is -2.34. The molecule has 190 valence electrons. The van der Waals surface area contributed by atoms with E-state index < -0.39 is 0 Å². The molecule has 4 aromatic rings. The van der Waals surface area contributed by atoms with Crippen LogP contribution >= 0.6 is 11.8 Å². The summed E-state index contributed by atoms with van der Waals surface area (Å²) in [7, 11) is 3.18. The molecule has 0 radical (unpaired) electrons. The van der Waals surface area contributed by atoms with Crippen LogP contribution in [0.3, 0.4) is 0 Å². The fourth-order valence-corrected chi connectivity index (χ4v) is 4.44. The van der Waals surface area contributed by atoms with Gasteiger partial charge in [-0.3, -0.25) is 4.79 Å². The number of H-pyrrole nitrogens is 1. The lowest BCUT2D eigenvalue weighted by molar-refractivity contribution is -0.625. The van der Waals surface area contributed by atoms with Crippen molar-refractivity contribution in [2.24, 2.45) is 5.10 Å². The minimum absolute atomic E-state index is 0.0715. The summed E-state index contributed by atoms with van der Waals surface area (Å²) in [6, 6.07) is 21.7. The number of nitrogens with zero attached hydrogens (tertiary/aromatic N) is 3. The Kier molecular flexibility index (Phi) is 8.42. The Balaban J connectivity index is 1.56. The van der Waals surface area contributed by atoms with Gasteiger partial charge < -0.3 is 14.6 Å². The van der Waals surface area contributed by atoms with Crippen LogP contribution in [0.15, 0.2) is 83.1 Å². The van der Waals surface area contributed by atoms with Crippen LogP contribution < -0.4 is 24.6 Å². The average Bonchev–Trinajstić information content (AvgIpc) is 3.37. The number of carbonyl (C=O) groups is 1. The van der Waals surface area contributed by atoms with Gasteiger partial charge in [0.2, 0.25) is 0 Å². The van der Waals surface area contributed by atoms with Gasteiger partial charge in [-0.2, -0.15) is 9.67 Å². The molecule has 0 atom stereocenters. The van der Waals surface area contributed by atoms with E-state index >= 15 is 0 Å². The number of hydrazone groups is 1. The monoisotopic (exact) mass is 517 g/mol. The van der Waals surface area contributed by atoms with Crippen molar-refractivity contribution < 1.29 is 23.9 Å². The van der Waals surface area contributed by atoms with Crippen LogP contribution in [-0.2, 0) is 4.79 Å². The molecule has 1 amide bonds. The van der Waals surface area contributed by atoms with Gasteiger partial charge in [0.1, 0.15) is 5.69 Å². The second-order valence-corrected chi connectivity index (χ2v) is 8.80. The van der Waals surface area contributed by atoms with Gasteiger partial charge in [-0.05, 0) is 54.1 Å². The first-order valence-corrected chi connectivity index (χ1v) is 12.6. The molecule has 0 aliphatic rings. The number of nitrogens with one attached hydrogen (secondary N) is 2. The normalized spacial score (nSPS) is 11.3. The van der Waals surface area contributed by atoms with Crippen molar-refractivity contribution in [1.82, 2.24) is 15.6 Å².